The maximum atomic E-state index is 9.59. The molecule has 0 radical (unpaired) electrons. The first-order valence-corrected chi connectivity index (χ1v) is 19.0. The van der Waals surface area contributed by atoms with Gasteiger partial charge in [-0.25, -0.2) is 0 Å². The molecular weight excluding hydrogens is 643 g/mol. The van der Waals surface area contributed by atoms with Gasteiger partial charge in [-0.2, -0.15) is 0 Å². The maximum Gasteiger partial charge on any atom is 0.178 e. The van der Waals surface area contributed by atoms with Crippen molar-refractivity contribution < 1.29 is 19.3 Å². The molecule has 4 aliphatic rings. The van der Waals surface area contributed by atoms with Crippen LogP contribution in [0.1, 0.15) is 66.0 Å². The van der Waals surface area contributed by atoms with Crippen LogP contribution in [0.15, 0.2) is 109 Å². The van der Waals surface area contributed by atoms with E-state index in [-0.39, 0.29) is 12.0 Å². The molecule has 1 spiro atoms. The van der Waals surface area contributed by atoms with Crippen LogP contribution < -0.4 is 14.2 Å². The van der Waals surface area contributed by atoms with E-state index in [0.29, 0.717) is 18.4 Å². The molecule has 4 unspecified atom stereocenters. The topological polar surface area (TPSA) is 51.2 Å². The maximum absolute atomic E-state index is 9.59. The molecule has 264 valence electrons. The summed E-state index contributed by atoms with van der Waals surface area (Å²) in [5.41, 5.74) is 8.98. The second-order valence-electron chi connectivity index (χ2n) is 14.9. The number of likely N-dealkylation sites (N-methyl/N-ethyl adjacent to an activating group) is 1. The fourth-order valence-electron chi connectivity index (χ4n) is 10.2. The molecule has 1 N–H and O–H groups in total. The normalized spacial score (nSPS) is 23.7. The summed E-state index contributed by atoms with van der Waals surface area (Å²) in [6, 6.07) is 32.8. The lowest BCUT2D eigenvalue weighted by Gasteiger charge is -2.51. The van der Waals surface area contributed by atoms with E-state index in [1.54, 1.807) is 14.2 Å². The molecule has 1 saturated carbocycles. The predicted octanol–water partition coefficient (Wildman–Crippen LogP) is 9.66. The zero-order valence-corrected chi connectivity index (χ0v) is 30.4. The van der Waals surface area contributed by atoms with Crippen molar-refractivity contribution in [3.63, 3.8) is 0 Å². The van der Waals surface area contributed by atoms with Crippen LogP contribution in [-0.4, -0.2) is 43.9 Å². The van der Waals surface area contributed by atoms with Crippen LogP contribution in [0.2, 0.25) is 0 Å². The minimum absolute atomic E-state index is 0.154. The van der Waals surface area contributed by atoms with Gasteiger partial charge in [0.15, 0.2) is 5.60 Å². The van der Waals surface area contributed by atoms with Gasteiger partial charge in [0.25, 0.3) is 0 Å². The Kier molecular flexibility index (Phi) is 8.24. The summed E-state index contributed by atoms with van der Waals surface area (Å²) in [6.07, 6.45) is 14.3. The summed E-state index contributed by atoms with van der Waals surface area (Å²) < 4.78 is 19.5. The number of allylic oxidation sites excluding steroid dienone is 2. The first-order valence-electron chi connectivity index (χ1n) is 19.0. The Morgan fingerprint density at radius 1 is 0.865 bits per heavy atom. The molecule has 2 bridgehead atoms. The molecule has 9 rings (SSSR count). The van der Waals surface area contributed by atoms with Gasteiger partial charge >= 0.3 is 0 Å². The number of hydrogen-bond donors (Lipinski definition) is 1. The average molecular weight is 690 g/mol. The van der Waals surface area contributed by atoms with Gasteiger partial charge in [-0.3, -0.25) is 4.90 Å². The highest BCUT2D eigenvalue weighted by molar-refractivity contribution is 6.09. The van der Waals surface area contributed by atoms with E-state index < -0.39 is 5.60 Å². The second-order valence-corrected chi connectivity index (χ2v) is 14.9. The number of aliphatic hydroxyl groups is 1. The van der Waals surface area contributed by atoms with Crippen LogP contribution in [0, 0.1) is 11.8 Å². The Labute approximate surface area is 307 Å². The largest absolute Gasteiger partial charge is 0.497 e. The van der Waals surface area contributed by atoms with Crippen molar-refractivity contribution in [2.24, 2.45) is 11.8 Å². The molecule has 4 atom stereocenters. The number of rotatable bonds is 9. The highest BCUT2D eigenvalue weighted by Crippen LogP contribution is 2.67. The molecule has 0 amide bonds. The van der Waals surface area contributed by atoms with E-state index in [9.17, 15) is 5.11 Å². The van der Waals surface area contributed by atoms with Crippen molar-refractivity contribution in [2.45, 2.75) is 50.2 Å². The van der Waals surface area contributed by atoms with Gasteiger partial charge in [0.2, 0.25) is 0 Å². The number of aliphatic hydroxyl groups excluding tert-OH is 1. The molecule has 52 heavy (non-hydrogen) atoms. The zero-order chi connectivity index (χ0) is 35.5. The van der Waals surface area contributed by atoms with Gasteiger partial charge < -0.3 is 19.3 Å². The number of nitrogens with zero attached hydrogens (tertiary/aromatic N) is 1. The van der Waals surface area contributed by atoms with Gasteiger partial charge in [-0.15, -0.1) is 0 Å². The molecule has 0 aromatic heterocycles. The van der Waals surface area contributed by atoms with E-state index in [4.69, 9.17) is 14.2 Å². The van der Waals surface area contributed by atoms with Gasteiger partial charge in [-0.05, 0) is 107 Å². The minimum atomic E-state index is -0.850. The summed E-state index contributed by atoms with van der Waals surface area (Å²) in [7, 11) is 3.52. The van der Waals surface area contributed by atoms with Gasteiger partial charge in [0.05, 0.1) is 20.8 Å². The first kappa shape index (κ1) is 33.0. The van der Waals surface area contributed by atoms with Crippen molar-refractivity contribution >= 4 is 16.8 Å². The van der Waals surface area contributed by atoms with Crippen LogP contribution in [0.3, 0.4) is 0 Å². The lowest BCUT2D eigenvalue weighted by atomic mass is 9.52. The van der Waals surface area contributed by atoms with Crippen LogP contribution in [0.4, 0.5) is 0 Å². The lowest BCUT2D eigenvalue weighted by Crippen LogP contribution is -2.46. The molecule has 5 aromatic carbocycles. The smallest absolute Gasteiger partial charge is 0.178 e. The Morgan fingerprint density at radius 2 is 1.63 bits per heavy atom. The zero-order valence-electron chi connectivity index (χ0n) is 30.4. The van der Waals surface area contributed by atoms with E-state index in [2.05, 4.69) is 127 Å². The molecule has 1 aliphatic heterocycles. The second kappa shape index (κ2) is 13.0. The highest BCUT2D eigenvalue weighted by Gasteiger charge is 2.57. The Hall–Kier alpha value is -4.84. The molecule has 1 heterocycles. The van der Waals surface area contributed by atoms with Gasteiger partial charge in [0.1, 0.15) is 17.2 Å². The predicted molar refractivity (Wildman–Crippen MR) is 209 cm³/mol. The summed E-state index contributed by atoms with van der Waals surface area (Å²) in [5.74, 6) is 3.51. The SMILES string of the molecule is CCN(CCO)Cc1ccc(C2(c3ccccc3)C=Cc3c4c(c5ccc(OC)cc5c3O2)-c2ccc(OC)cc2C42C3C=CCC2CCC3)cc1. The van der Waals surface area contributed by atoms with Crippen molar-refractivity contribution in [1.82, 2.24) is 4.90 Å². The van der Waals surface area contributed by atoms with E-state index in [0.717, 1.165) is 59.7 Å². The summed E-state index contributed by atoms with van der Waals surface area (Å²) in [6.45, 7) is 4.62. The average Bonchev–Trinajstić information content (AvgIpc) is 3.47. The Bertz CT molecular complexity index is 2210. The molecular formula is C47H47NO4. The number of ether oxygens (including phenoxy) is 3. The molecule has 1 fully saturated rings. The summed E-state index contributed by atoms with van der Waals surface area (Å²) in [4.78, 5) is 2.26. The third-order valence-electron chi connectivity index (χ3n) is 12.5. The number of fused-ring (bicyclic) bond motifs is 8. The molecule has 5 aromatic rings. The van der Waals surface area contributed by atoms with Crippen LogP contribution in [0.25, 0.3) is 28.0 Å². The monoisotopic (exact) mass is 689 g/mol. The molecule has 5 nitrogen and oxygen atoms in total. The third kappa shape index (κ3) is 4.82. The van der Waals surface area contributed by atoms with Crippen molar-refractivity contribution in [3.05, 3.63) is 143 Å². The Morgan fingerprint density at radius 3 is 2.38 bits per heavy atom. The van der Waals surface area contributed by atoms with Crippen molar-refractivity contribution in [3.8, 4) is 28.4 Å². The molecule has 3 aliphatic carbocycles. The number of methoxy groups -OCH3 is 2. The van der Waals surface area contributed by atoms with Crippen LogP contribution in [-0.2, 0) is 17.6 Å². The molecule has 5 heteroatoms. The van der Waals surface area contributed by atoms with E-state index in [1.807, 2.05) is 0 Å². The van der Waals surface area contributed by atoms with E-state index >= 15 is 0 Å². The Balaban J connectivity index is 1.30. The summed E-state index contributed by atoms with van der Waals surface area (Å²) in [5, 5.41) is 11.8. The van der Waals surface area contributed by atoms with Gasteiger partial charge in [0, 0.05) is 40.6 Å². The number of hydrogen-bond acceptors (Lipinski definition) is 5. The third-order valence-corrected chi connectivity index (χ3v) is 12.5. The van der Waals surface area contributed by atoms with Crippen molar-refractivity contribution in [2.75, 3.05) is 33.9 Å². The highest BCUT2D eigenvalue weighted by atomic mass is 16.5. The van der Waals surface area contributed by atoms with Crippen molar-refractivity contribution in [1.29, 1.82) is 0 Å². The first-order chi connectivity index (χ1) is 25.5. The standard InChI is InChI=1S/C47H47NO4/c1-4-48(26-27-49)30-31-16-18-33(19-17-31)46(32-10-6-5-7-11-32)25-24-40-44-43(38-22-20-36(50-2)28-41(38)45(40)52-46)39-23-21-37(51-3)29-42(39)47(44)34-12-8-13-35(47)15-9-14-34/h5-8,10-12,16-25,28-29,34-35,49H,4,9,13-15,26-27,30H2,1-3H3. The number of benzene rings is 5. The van der Waals surface area contributed by atoms with Gasteiger partial charge in [-0.1, -0.05) is 92.2 Å². The van der Waals surface area contributed by atoms with E-state index in [1.165, 1.54) is 51.6 Å². The fraction of sp³-hybridized carbons (Fsp3) is 0.319. The minimum Gasteiger partial charge on any atom is -0.497 e. The van der Waals surface area contributed by atoms with Crippen LogP contribution in [0.5, 0.6) is 17.2 Å². The quantitative estimate of drug-likeness (QED) is 0.156. The van der Waals surface area contributed by atoms with Crippen LogP contribution >= 0.6 is 0 Å². The summed E-state index contributed by atoms with van der Waals surface area (Å²) >= 11 is 0. The molecule has 0 saturated heterocycles. The lowest BCUT2D eigenvalue weighted by molar-refractivity contribution is 0.155. The fourth-order valence-corrected chi connectivity index (χ4v) is 10.2.